The van der Waals surface area contributed by atoms with Gasteiger partial charge in [0.25, 0.3) is 0 Å². The highest BCUT2D eigenvalue weighted by atomic mass is 32.1. The first-order valence-corrected chi connectivity index (χ1v) is 10.9. The van der Waals surface area contributed by atoms with Gasteiger partial charge in [0.05, 0.1) is 22.8 Å². The molecule has 1 saturated carbocycles. The Morgan fingerprint density at radius 3 is 2.83 bits per heavy atom. The van der Waals surface area contributed by atoms with Crippen LogP contribution >= 0.6 is 11.3 Å². The maximum atomic E-state index is 12.5. The summed E-state index contributed by atoms with van der Waals surface area (Å²) in [6.45, 7) is 0. The number of pyridine rings is 1. The molecule has 0 unspecified atom stereocenters. The number of hydrogen-bond donors (Lipinski definition) is 1. The fourth-order valence-corrected chi connectivity index (χ4v) is 4.55. The molecule has 7 nitrogen and oxygen atoms in total. The summed E-state index contributed by atoms with van der Waals surface area (Å²) in [5, 5.41) is 5.66. The molecule has 0 aliphatic heterocycles. The van der Waals surface area contributed by atoms with Gasteiger partial charge in [-0.3, -0.25) is 14.8 Å². The number of ketones is 1. The SMILES string of the molecule is O=C(Cc1cc(-c2nc(NC3CCCC3)c3sccc3n2)ccn1)c1cnccn1. The van der Waals surface area contributed by atoms with Crippen molar-refractivity contribution in [3.63, 3.8) is 0 Å². The van der Waals surface area contributed by atoms with Crippen molar-refractivity contribution in [2.75, 3.05) is 5.32 Å². The molecule has 0 aromatic carbocycles. The van der Waals surface area contributed by atoms with Crippen LogP contribution in [0.4, 0.5) is 5.82 Å². The molecule has 1 N–H and O–H groups in total. The van der Waals surface area contributed by atoms with Crippen LogP contribution in [-0.4, -0.2) is 36.7 Å². The van der Waals surface area contributed by atoms with Gasteiger partial charge < -0.3 is 5.32 Å². The number of rotatable bonds is 6. The lowest BCUT2D eigenvalue weighted by molar-refractivity contribution is 0.0987. The van der Waals surface area contributed by atoms with Crippen molar-refractivity contribution in [3.05, 3.63) is 59.8 Å². The van der Waals surface area contributed by atoms with Gasteiger partial charge in [0.1, 0.15) is 11.5 Å². The van der Waals surface area contributed by atoms with Gasteiger partial charge in [0, 0.05) is 35.9 Å². The van der Waals surface area contributed by atoms with Crippen LogP contribution in [0.1, 0.15) is 41.9 Å². The summed E-state index contributed by atoms with van der Waals surface area (Å²) in [6.07, 6.45) is 11.3. The van der Waals surface area contributed by atoms with Gasteiger partial charge >= 0.3 is 0 Å². The minimum absolute atomic E-state index is 0.120. The van der Waals surface area contributed by atoms with Crippen LogP contribution in [0.5, 0.6) is 0 Å². The van der Waals surface area contributed by atoms with E-state index < -0.39 is 0 Å². The van der Waals surface area contributed by atoms with E-state index >= 15 is 0 Å². The summed E-state index contributed by atoms with van der Waals surface area (Å²) in [7, 11) is 0. The number of hydrogen-bond acceptors (Lipinski definition) is 8. The van der Waals surface area contributed by atoms with Crippen LogP contribution in [0.15, 0.2) is 48.4 Å². The minimum atomic E-state index is -0.120. The Labute approximate surface area is 177 Å². The van der Waals surface area contributed by atoms with Gasteiger partial charge in [-0.15, -0.1) is 11.3 Å². The first-order valence-electron chi connectivity index (χ1n) is 10.0. The van der Waals surface area contributed by atoms with Gasteiger partial charge in [-0.25, -0.2) is 15.0 Å². The van der Waals surface area contributed by atoms with Crippen molar-refractivity contribution >= 4 is 33.2 Å². The number of nitrogens with one attached hydrogen (secondary N) is 1. The molecule has 4 heterocycles. The first-order chi connectivity index (χ1) is 14.8. The Morgan fingerprint density at radius 1 is 1.10 bits per heavy atom. The summed E-state index contributed by atoms with van der Waals surface area (Å²) in [5.74, 6) is 1.41. The van der Waals surface area contributed by atoms with E-state index in [2.05, 4.69) is 20.3 Å². The highest BCUT2D eigenvalue weighted by Gasteiger charge is 2.19. The molecule has 1 aliphatic carbocycles. The lowest BCUT2D eigenvalue weighted by Gasteiger charge is -2.14. The number of fused-ring (bicyclic) bond motifs is 1. The third kappa shape index (κ3) is 3.91. The number of aromatic nitrogens is 5. The smallest absolute Gasteiger partial charge is 0.188 e. The second-order valence-electron chi connectivity index (χ2n) is 7.38. The van der Waals surface area contributed by atoms with Gasteiger partial charge in [0.2, 0.25) is 0 Å². The van der Waals surface area contributed by atoms with E-state index in [1.54, 1.807) is 23.7 Å². The van der Waals surface area contributed by atoms with E-state index in [0.717, 1.165) is 21.6 Å². The van der Waals surface area contributed by atoms with Gasteiger partial charge in [-0.05, 0) is 36.4 Å². The van der Waals surface area contributed by atoms with Crippen molar-refractivity contribution in [2.45, 2.75) is 38.1 Å². The fourth-order valence-electron chi connectivity index (χ4n) is 3.77. The van der Waals surface area contributed by atoms with Crippen LogP contribution in [-0.2, 0) is 6.42 Å². The van der Waals surface area contributed by atoms with E-state index in [1.165, 1.54) is 38.1 Å². The van der Waals surface area contributed by atoms with Crippen LogP contribution in [0.2, 0.25) is 0 Å². The summed E-state index contributed by atoms with van der Waals surface area (Å²) in [4.78, 5) is 34.4. The van der Waals surface area contributed by atoms with E-state index in [9.17, 15) is 4.79 Å². The molecule has 0 spiro atoms. The van der Waals surface area contributed by atoms with Gasteiger partial charge in [-0.2, -0.15) is 0 Å². The quantitative estimate of drug-likeness (QED) is 0.468. The summed E-state index contributed by atoms with van der Waals surface area (Å²) in [5.41, 5.74) is 2.76. The molecule has 0 radical (unpaired) electrons. The van der Waals surface area contributed by atoms with Crippen molar-refractivity contribution in [1.82, 2.24) is 24.9 Å². The summed E-state index contributed by atoms with van der Waals surface area (Å²) < 4.78 is 1.08. The number of thiophene rings is 1. The molecule has 4 aromatic rings. The molecule has 150 valence electrons. The van der Waals surface area contributed by atoms with Crippen molar-refractivity contribution in [1.29, 1.82) is 0 Å². The van der Waals surface area contributed by atoms with Gasteiger partial charge in [0.15, 0.2) is 11.6 Å². The van der Waals surface area contributed by atoms with Crippen molar-refractivity contribution in [2.24, 2.45) is 0 Å². The number of anilines is 1. The monoisotopic (exact) mass is 416 g/mol. The van der Waals surface area contributed by atoms with Crippen molar-refractivity contribution < 1.29 is 4.79 Å². The molecular weight excluding hydrogens is 396 g/mol. The fraction of sp³-hybridized carbons (Fsp3) is 0.273. The highest BCUT2D eigenvalue weighted by Crippen LogP contribution is 2.31. The number of Topliss-reactive ketones (excluding diaryl/α,β-unsaturated/α-hetero) is 1. The van der Waals surface area contributed by atoms with Crippen LogP contribution in [0.25, 0.3) is 21.6 Å². The average Bonchev–Trinajstić information content (AvgIpc) is 3.46. The molecule has 5 rings (SSSR count). The highest BCUT2D eigenvalue weighted by molar-refractivity contribution is 7.17. The molecule has 1 aliphatic rings. The third-order valence-electron chi connectivity index (χ3n) is 5.26. The standard InChI is InChI=1S/C22H20N6OS/c29-19(18-13-23-8-9-25-18)12-16-11-14(5-7-24-16)21-27-17-6-10-30-20(17)22(28-21)26-15-3-1-2-4-15/h5-11,13,15H,1-4,12H2,(H,26,27,28). The van der Waals surface area contributed by atoms with Crippen molar-refractivity contribution in [3.8, 4) is 11.4 Å². The second kappa shape index (κ2) is 8.23. The zero-order valence-electron chi connectivity index (χ0n) is 16.3. The molecule has 4 aromatic heterocycles. The number of nitrogens with zero attached hydrogens (tertiary/aromatic N) is 5. The molecule has 0 atom stereocenters. The zero-order valence-corrected chi connectivity index (χ0v) is 17.1. The van der Waals surface area contributed by atoms with Crippen LogP contribution in [0.3, 0.4) is 0 Å². The maximum absolute atomic E-state index is 12.5. The Kier molecular flexibility index (Phi) is 5.15. The molecule has 0 saturated heterocycles. The summed E-state index contributed by atoms with van der Waals surface area (Å²) >= 11 is 1.65. The van der Waals surface area contributed by atoms with Crippen LogP contribution in [0, 0.1) is 0 Å². The molecule has 8 heteroatoms. The Hall–Kier alpha value is -3.26. The second-order valence-corrected chi connectivity index (χ2v) is 8.30. The predicted octanol–water partition coefficient (Wildman–Crippen LogP) is 4.32. The van der Waals surface area contributed by atoms with E-state index in [4.69, 9.17) is 9.97 Å². The Balaban J connectivity index is 1.45. The Bertz CT molecular complexity index is 1190. The van der Waals surface area contributed by atoms with E-state index in [1.807, 2.05) is 23.6 Å². The maximum Gasteiger partial charge on any atom is 0.188 e. The first kappa shape index (κ1) is 18.7. The number of carbonyl (C=O) groups is 1. The molecule has 0 amide bonds. The van der Waals surface area contributed by atoms with Gasteiger partial charge in [-0.1, -0.05) is 12.8 Å². The molecule has 0 bridgehead atoms. The molecular formula is C22H20N6OS. The minimum Gasteiger partial charge on any atom is -0.366 e. The lowest BCUT2D eigenvalue weighted by atomic mass is 10.1. The van der Waals surface area contributed by atoms with E-state index in [0.29, 0.717) is 23.3 Å². The molecule has 1 fully saturated rings. The summed E-state index contributed by atoms with van der Waals surface area (Å²) in [6, 6.07) is 6.24. The lowest BCUT2D eigenvalue weighted by Crippen LogP contribution is -2.16. The van der Waals surface area contributed by atoms with E-state index in [-0.39, 0.29) is 12.2 Å². The number of carbonyl (C=O) groups excluding carboxylic acids is 1. The predicted molar refractivity (Wildman–Crippen MR) is 117 cm³/mol. The third-order valence-corrected chi connectivity index (χ3v) is 6.18. The topological polar surface area (TPSA) is 93.6 Å². The Morgan fingerprint density at radius 2 is 2.00 bits per heavy atom. The molecule has 30 heavy (non-hydrogen) atoms. The zero-order chi connectivity index (χ0) is 20.3. The van der Waals surface area contributed by atoms with Crippen LogP contribution < -0.4 is 5.32 Å². The average molecular weight is 417 g/mol. The largest absolute Gasteiger partial charge is 0.366 e. The normalized spacial score (nSPS) is 14.3.